The number of rotatable bonds is 8. The van der Waals surface area contributed by atoms with E-state index in [1.165, 1.54) is 12.1 Å². The Morgan fingerprint density at radius 2 is 1.93 bits per heavy atom. The highest BCUT2D eigenvalue weighted by molar-refractivity contribution is 7.89. The second kappa shape index (κ2) is 8.88. The second-order valence-electron chi connectivity index (χ2n) is 7.64. The number of nitrogens with one attached hydrogen (secondary N) is 2. The summed E-state index contributed by atoms with van der Waals surface area (Å²) in [6.07, 6.45) is 5.40. The molecule has 2 N–H and O–H groups in total. The molecule has 1 aromatic heterocycles. The third kappa shape index (κ3) is 4.84. The van der Waals surface area contributed by atoms with E-state index >= 15 is 0 Å². The van der Waals surface area contributed by atoms with Gasteiger partial charge in [-0.05, 0) is 63.0 Å². The Bertz CT molecular complexity index is 1020. The molecular formula is C20H23Cl2N3O4S. The molecule has 1 saturated carbocycles. The summed E-state index contributed by atoms with van der Waals surface area (Å²) < 4.78 is 33.3. The molecule has 30 heavy (non-hydrogen) atoms. The van der Waals surface area contributed by atoms with E-state index in [9.17, 15) is 13.2 Å². The summed E-state index contributed by atoms with van der Waals surface area (Å²) in [7, 11) is -3.82. The SMILES string of the molecule is O=C(NC[C@H](c1ccco1)N1CCCC1)c1cc(S(=O)(=O)NC2CC2)c(Cl)cc1Cl. The van der Waals surface area contributed by atoms with E-state index in [1.54, 1.807) is 6.26 Å². The number of likely N-dealkylation sites (tertiary alicyclic amines) is 1. The third-order valence-corrected chi connectivity index (χ3v) is 7.66. The number of carbonyl (C=O) groups excluding carboxylic acids is 1. The fourth-order valence-corrected chi connectivity index (χ4v) is 5.79. The van der Waals surface area contributed by atoms with Crippen LogP contribution >= 0.6 is 23.2 Å². The van der Waals surface area contributed by atoms with Crippen molar-refractivity contribution in [1.82, 2.24) is 14.9 Å². The van der Waals surface area contributed by atoms with Crippen LogP contribution in [-0.2, 0) is 10.0 Å². The van der Waals surface area contributed by atoms with E-state index in [0.29, 0.717) is 6.54 Å². The van der Waals surface area contributed by atoms with Gasteiger partial charge in [-0.3, -0.25) is 9.69 Å². The van der Waals surface area contributed by atoms with Gasteiger partial charge >= 0.3 is 0 Å². The van der Waals surface area contributed by atoms with E-state index in [0.717, 1.165) is 44.5 Å². The highest BCUT2D eigenvalue weighted by Crippen LogP contribution is 2.31. The zero-order chi connectivity index (χ0) is 21.3. The lowest BCUT2D eigenvalue weighted by molar-refractivity contribution is 0.0933. The molecule has 7 nitrogen and oxygen atoms in total. The molecule has 2 heterocycles. The van der Waals surface area contributed by atoms with Gasteiger partial charge in [-0.25, -0.2) is 13.1 Å². The summed E-state index contributed by atoms with van der Waals surface area (Å²) in [6, 6.07) is 6.07. The van der Waals surface area contributed by atoms with Crippen molar-refractivity contribution in [2.24, 2.45) is 0 Å². The number of halogens is 2. The van der Waals surface area contributed by atoms with Gasteiger partial charge in [0.15, 0.2) is 0 Å². The Balaban J connectivity index is 1.53. The minimum absolute atomic E-state index is 0.0183. The molecule has 0 unspecified atom stereocenters. The molecule has 1 atom stereocenters. The lowest BCUT2D eigenvalue weighted by Crippen LogP contribution is -2.36. The molecular weight excluding hydrogens is 449 g/mol. The molecule has 2 aliphatic rings. The van der Waals surface area contributed by atoms with Crippen molar-refractivity contribution in [2.45, 2.75) is 42.7 Å². The monoisotopic (exact) mass is 471 g/mol. The maximum Gasteiger partial charge on any atom is 0.252 e. The average Bonchev–Trinajstić information content (AvgIpc) is 3.13. The zero-order valence-electron chi connectivity index (χ0n) is 16.2. The predicted octanol–water partition coefficient (Wildman–Crippen LogP) is 3.59. The van der Waals surface area contributed by atoms with Crippen LogP contribution < -0.4 is 10.0 Å². The van der Waals surface area contributed by atoms with Crippen LogP contribution in [0.4, 0.5) is 0 Å². The van der Waals surface area contributed by atoms with Crippen LogP contribution in [0.2, 0.25) is 10.0 Å². The molecule has 0 radical (unpaired) electrons. The van der Waals surface area contributed by atoms with Gasteiger partial charge in [-0.2, -0.15) is 0 Å². The normalized spacial score (nSPS) is 18.5. The van der Waals surface area contributed by atoms with Crippen molar-refractivity contribution in [3.8, 4) is 0 Å². The van der Waals surface area contributed by atoms with Crippen LogP contribution in [0, 0.1) is 0 Å². The van der Waals surface area contributed by atoms with Crippen molar-refractivity contribution in [3.05, 3.63) is 51.9 Å². The summed E-state index contributed by atoms with van der Waals surface area (Å²) in [6.45, 7) is 2.17. The van der Waals surface area contributed by atoms with Gasteiger partial charge in [0.1, 0.15) is 10.7 Å². The number of benzene rings is 1. The van der Waals surface area contributed by atoms with Gasteiger partial charge in [0.05, 0.1) is 27.9 Å². The Kier molecular flexibility index (Phi) is 6.41. The average molecular weight is 472 g/mol. The smallest absolute Gasteiger partial charge is 0.252 e. The highest BCUT2D eigenvalue weighted by Gasteiger charge is 2.31. The molecule has 4 rings (SSSR count). The lowest BCUT2D eigenvalue weighted by Gasteiger charge is -2.26. The number of amides is 1. The second-order valence-corrected chi connectivity index (χ2v) is 10.1. The minimum atomic E-state index is -3.82. The first-order valence-corrected chi connectivity index (χ1v) is 12.2. The Hall–Kier alpha value is -1.58. The van der Waals surface area contributed by atoms with Gasteiger partial charge in [0, 0.05) is 12.6 Å². The number of furan rings is 1. The first kappa shape index (κ1) is 21.6. The third-order valence-electron chi connectivity index (χ3n) is 5.36. The molecule has 1 saturated heterocycles. The number of nitrogens with zero attached hydrogens (tertiary/aromatic N) is 1. The van der Waals surface area contributed by atoms with Gasteiger partial charge in [0.2, 0.25) is 10.0 Å². The molecule has 2 fully saturated rings. The summed E-state index contributed by atoms with van der Waals surface area (Å²) in [5.74, 6) is 0.312. The number of hydrogen-bond donors (Lipinski definition) is 2. The first-order chi connectivity index (χ1) is 14.3. The van der Waals surface area contributed by atoms with Crippen LogP contribution in [0.15, 0.2) is 39.8 Å². The molecule has 1 aliphatic carbocycles. The quantitative estimate of drug-likeness (QED) is 0.613. The minimum Gasteiger partial charge on any atom is -0.468 e. The van der Waals surface area contributed by atoms with Crippen LogP contribution in [0.5, 0.6) is 0 Å². The summed E-state index contributed by atoms with van der Waals surface area (Å²) in [5.41, 5.74) is 0.0665. The van der Waals surface area contributed by atoms with E-state index in [4.69, 9.17) is 27.6 Å². The zero-order valence-corrected chi connectivity index (χ0v) is 18.6. The summed E-state index contributed by atoms with van der Waals surface area (Å²) in [5, 5.41) is 2.95. The Morgan fingerprint density at radius 1 is 1.20 bits per heavy atom. The van der Waals surface area contributed by atoms with Crippen molar-refractivity contribution >= 4 is 39.1 Å². The maximum absolute atomic E-state index is 12.9. The summed E-state index contributed by atoms with van der Waals surface area (Å²) >= 11 is 12.3. The van der Waals surface area contributed by atoms with Crippen molar-refractivity contribution < 1.29 is 17.6 Å². The van der Waals surface area contributed by atoms with E-state index in [2.05, 4.69) is 14.9 Å². The topological polar surface area (TPSA) is 91.7 Å². The summed E-state index contributed by atoms with van der Waals surface area (Å²) in [4.78, 5) is 15.0. The fraction of sp³-hybridized carbons (Fsp3) is 0.450. The Labute approximate surface area is 185 Å². The van der Waals surface area contributed by atoms with Gasteiger partial charge in [-0.1, -0.05) is 23.2 Å². The Morgan fingerprint density at radius 3 is 2.57 bits per heavy atom. The van der Waals surface area contributed by atoms with Crippen LogP contribution in [0.1, 0.15) is 47.8 Å². The predicted molar refractivity (Wildman–Crippen MR) is 114 cm³/mol. The molecule has 2 aromatic rings. The number of sulfonamides is 1. The van der Waals surface area contributed by atoms with Gasteiger partial charge in [0.25, 0.3) is 5.91 Å². The number of carbonyl (C=O) groups is 1. The molecule has 1 amide bonds. The largest absolute Gasteiger partial charge is 0.468 e. The molecule has 162 valence electrons. The lowest BCUT2D eigenvalue weighted by atomic mass is 10.1. The molecule has 0 spiro atoms. The van der Waals surface area contributed by atoms with Gasteiger partial charge < -0.3 is 9.73 Å². The maximum atomic E-state index is 12.9. The van der Waals surface area contributed by atoms with Gasteiger partial charge in [-0.15, -0.1) is 0 Å². The van der Waals surface area contributed by atoms with Crippen LogP contribution in [0.25, 0.3) is 0 Å². The van der Waals surface area contributed by atoms with E-state index < -0.39 is 15.9 Å². The molecule has 10 heteroatoms. The van der Waals surface area contributed by atoms with Crippen molar-refractivity contribution in [1.29, 1.82) is 0 Å². The van der Waals surface area contributed by atoms with Crippen molar-refractivity contribution in [3.63, 3.8) is 0 Å². The molecule has 1 aromatic carbocycles. The highest BCUT2D eigenvalue weighted by atomic mass is 35.5. The van der Waals surface area contributed by atoms with E-state index in [1.807, 2.05) is 12.1 Å². The fourth-order valence-electron chi connectivity index (χ4n) is 3.62. The molecule has 0 bridgehead atoms. The number of hydrogen-bond acceptors (Lipinski definition) is 5. The first-order valence-electron chi connectivity index (χ1n) is 9.92. The van der Waals surface area contributed by atoms with E-state index in [-0.39, 0.29) is 32.6 Å². The standard InChI is InChI=1S/C20H23Cl2N3O4S/c21-15-11-16(22)19(30(27,28)24-13-5-6-13)10-14(15)20(26)23-12-17(18-4-3-9-29-18)25-7-1-2-8-25/h3-4,9-11,13,17,24H,1-2,5-8,12H2,(H,23,26)/t17-/m1/s1. The van der Waals surface area contributed by atoms with Crippen LogP contribution in [-0.4, -0.2) is 44.9 Å². The van der Waals surface area contributed by atoms with Crippen molar-refractivity contribution in [2.75, 3.05) is 19.6 Å². The molecule has 1 aliphatic heterocycles. The van der Waals surface area contributed by atoms with Crippen LogP contribution in [0.3, 0.4) is 0 Å².